The minimum absolute atomic E-state index is 0.00636. The van der Waals surface area contributed by atoms with Crippen molar-refractivity contribution < 1.29 is 4.79 Å². The lowest BCUT2D eigenvalue weighted by Gasteiger charge is -2.49. The average molecular weight is 280 g/mol. The Bertz CT molecular complexity index is 509. The van der Waals surface area contributed by atoms with Crippen LogP contribution in [0.15, 0.2) is 18.2 Å². The molecule has 0 radical (unpaired) electrons. The standard InChI is InChI=1S/C14H18ClN3O/c15-11-2-1-9(14(17)19)7-10(11)12-8-3-5-18(6-4-8)13(12)16/h1-2,7-8,12-13H,3-6,16H2,(H2,17,19). The molecule has 3 aliphatic rings. The number of rotatable bonds is 2. The third kappa shape index (κ3) is 2.14. The molecule has 4 rings (SSSR count). The Morgan fingerprint density at radius 1 is 1.32 bits per heavy atom. The molecule has 3 heterocycles. The van der Waals surface area contributed by atoms with Gasteiger partial charge in [0.1, 0.15) is 0 Å². The summed E-state index contributed by atoms with van der Waals surface area (Å²) in [5.41, 5.74) is 13.2. The van der Waals surface area contributed by atoms with E-state index >= 15 is 0 Å². The molecule has 4 nitrogen and oxygen atoms in total. The molecule has 0 saturated carbocycles. The summed E-state index contributed by atoms with van der Waals surface area (Å²) in [5, 5.41) is 0.680. The number of nitrogens with zero attached hydrogens (tertiary/aromatic N) is 1. The predicted molar refractivity (Wildman–Crippen MR) is 75.0 cm³/mol. The monoisotopic (exact) mass is 279 g/mol. The fourth-order valence-electron chi connectivity index (χ4n) is 3.47. The molecule has 2 atom stereocenters. The molecule has 102 valence electrons. The van der Waals surface area contributed by atoms with E-state index in [4.69, 9.17) is 23.1 Å². The van der Waals surface area contributed by atoms with E-state index in [9.17, 15) is 4.79 Å². The highest BCUT2D eigenvalue weighted by Gasteiger charge is 2.41. The summed E-state index contributed by atoms with van der Waals surface area (Å²) < 4.78 is 0. The van der Waals surface area contributed by atoms with Gasteiger partial charge < -0.3 is 11.5 Å². The number of fused-ring (bicyclic) bond motifs is 3. The zero-order chi connectivity index (χ0) is 13.6. The highest BCUT2D eigenvalue weighted by molar-refractivity contribution is 6.31. The molecule has 2 unspecified atom stereocenters. The molecule has 2 bridgehead atoms. The SMILES string of the molecule is NC(=O)c1ccc(Cl)c(C2C3CCN(CC3)C2N)c1. The number of halogens is 1. The summed E-state index contributed by atoms with van der Waals surface area (Å²) in [6.45, 7) is 2.13. The van der Waals surface area contributed by atoms with Gasteiger partial charge in [-0.2, -0.15) is 0 Å². The fraction of sp³-hybridized carbons (Fsp3) is 0.500. The number of carbonyl (C=O) groups is 1. The van der Waals surface area contributed by atoms with Crippen LogP contribution in [0, 0.1) is 5.92 Å². The maximum Gasteiger partial charge on any atom is 0.248 e. The van der Waals surface area contributed by atoms with Crippen LogP contribution in [0.2, 0.25) is 5.02 Å². The number of hydrogen-bond donors (Lipinski definition) is 2. The van der Waals surface area contributed by atoms with Crippen molar-refractivity contribution in [2.75, 3.05) is 13.1 Å². The van der Waals surface area contributed by atoms with Gasteiger partial charge in [0.2, 0.25) is 5.91 Å². The van der Waals surface area contributed by atoms with Gasteiger partial charge in [0, 0.05) is 16.5 Å². The normalized spacial score (nSPS) is 33.4. The van der Waals surface area contributed by atoms with Gasteiger partial charge in [0.05, 0.1) is 6.17 Å². The van der Waals surface area contributed by atoms with E-state index < -0.39 is 5.91 Å². The third-order valence-corrected chi connectivity index (χ3v) is 4.86. The van der Waals surface area contributed by atoms with Crippen LogP contribution in [0.5, 0.6) is 0 Å². The van der Waals surface area contributed by atoms with E-state index in [2.05, 4.69) is 4.90 Å². The fourth-order valence-corrected chi connectivity index (χ4v) is 3.72. The van der Waals surface area contributed by atoms with Crippen LogP contribution in [0.25, 0.3) is 0 Å². The van der Waals surface area contributed by atoms with E-state index in [0.717, 1.165) is 31.5 Å². The van der Waals surface area contributed by atoms with Crippen molar-refractivity contribution in [3.05, 3.63) is 34.3 Å². The first-order valence-corrected chi connectivity index (χ1v) is 7.04. The molecule has 3 saturated heterocycles. The van der Waals surface area contributed by atoms with E-state index in [1.54, 1.807) is 12.1 Å². The first-order valence-electron chi connectivity index (χ1n) is 6.67. The minimum atomic E-state index is -0.423. The molecule has 1 amide bonds. The Labute approximate surface area is 117 Å². The molecule has 1 aromatic rings. The lowest BCUT2D eigenvalue weighted by Crippen LogP contribution is -2.57. The summed E-state index contributed by atoms with van der Waals surface area (Å²) in [4.78, 5) is 13.6. The van der Waals surface area contributed by atoms with E-state index in [1.807, 2.05) is 6.07 Å². The molecule has 5 heteroatoms. The molecule has 19 heavy (non-hydrogen) atoms. The maximum atomic E-state index is 11.3. The quantitative estimate of drug-likeness (QED) is 0.862. The second kappa shape index (κ2) is 4.78. The Hall–Kier alpha value is -1.10. The van der Waals surface area contributed by atoms with Gasteiger partial charge in [-0.25, -0.2) is 0 Å². The molecular weight excluding hydrogens is 262 g/mol. The van der Waals surface area contributed by atoms with Crippen molar-refractivity contribution in [2.24, 2.45) is 17.4 Å². The largest absolute Gasteiger partial charge is 0.366 e. The van der Waals surface area contributed by atoms with Crippen molar-refractivity contribution >= 4 is 17.5 Å². The number of carbonyl (C=O) groups excluding carboxylic acids is 1. The van der Waals surface area contributed by atoms with Gasteiger partial charge in [-0.05, 0) is 55.6 Å². The number of nitrogens with two attached hydrogens (primary N) is 2. The number of benzene rings is 1. The van der Waals surface area contributed by atoms with Crippen LogP contribution < -0.4 is 11.5 Å². The van der Waals surface area contributed by atoms with Gasteiger partial charge in [-0.1, -0.05) is 11.6 Å². The highest BCUT2D eigenvalue weighted by atomic mass is 35.5. The predicted octanol–water partition coefficient (Wildman–Crippen LogP) is 1.53. The van der Waals surface area contributed by atoms with Crippen molar-refractivity contribution in [1.29, 1.82) is 0 Å². The molecule has 3 fully saturated rings. The molecule has 0 aromatic heterocycles. The second-order valence-electron chi connectivity index (χ2n) is 5.49. The maximum absolute atomic E-state index is 11.3. The van der Waals surface area contributed by atoms with Crippen molar-refractivity contribution in [3.8, 4) is 0 Å². The Morgan fingerprint density at radius 3 is 2.58 bits per heavy atom. The Balaban J connectivity index is 2.01. The van der Waals surface area contributed by atoms with Crippen LogP contribution in [0.4, 0.5) is 0 Å². The van der Waals surface area contributed by atoms with Gasteiger partial charge in [0.15, 0.2) is 0 Å². The van der Waals surface area contributed by atoms with Crippen LogP contribution in [0.1, 0.15) is 34.7 Å². The van der Waals surface area contributed by atoms with Crippen LogP contribution in [-0.4, -0.2) is 30.1 Å². The molecule has 0 spiro atoms. The first-order chi connectivity index (χ1) is 9.08. The van der Waals surface area contributed by atoms with E-state index in [1.165, 1.54) is 0 Å². The number of primary amides is 1. The Morgan fingerprint density at radius 2 is 2.00 bits per heavy atom. The van der Waals surface area contributed by atoms with Gasteiger partial charge in [-0.15, -0.1) is 0 Å². The number of amides is 1. The zero-order valence-electron chi connectivity index (χ0n) is 10.7. The number of piperidine rings is 3. The molecular formula is C14H18ClN3O. The second-order valence-corrected chi connectivity index (χ2v) is 5.90. The highest BCUT2D eigenvalue weighted by Crippen LogP contribution is 2.43. The van der Waals surface area contributed by atoms with Crippen LogP contribution >= 0.6 is 11.6 Å². The third-order valence-electron chi connectivity index (χ3n) is 4.51. The molecule has 1 aromatic carbocycles. The summed E-state index contributed by atoms with van der Waals surface area (Å²) in [6.07, 6.45) is 2.29. The van der Waals surface area contributed by atoms with Gasteiger partial charge in [-0.3, -0.25) is 9.69 Å². The van der Waals surface area contributed by atoms with Crippen molar-refractivity contribution in [2.45, 2.75) is 24.9 Å². The zero-order valence-corrected chi connectivity index (χ0v) is 11.4. The van der Waals surface area contributed by atoms with E-state index in [0.29, 0.717) is 16.5 Å². The number of hydrogen-bond acceptors (Lipinski definition) is 3. The van der Waals surface area contributed by atoms with Gasteiger partial charge >= 0.3 is 0 Å². The summed E-state index contributed by atoms with van der Waals surface area (Å²) >= 11 is 6.31. The average Bonchev–Trinajstić information content (AvgIpc) is 2.41. The lowest BCUT2D eigenvalue weighted by molar-refractivity contribution is 0.0288. The topological polar surface area (TPSA) is 72.4 Å². The molecule has 4 N–H and O–H groups in total. The summed E-state index contributed by atoms with van der Waals surface area (Å²) in [7, 11) is 0. The smallest absolute Gasteiger partial charge is 0.248 e. The molecule has 0 aliphatic carbocycles. The summed E-state index contributed by atoms with van der Waals surface area (Å²) in [5.74, 6) is 0.336. The van der Waals surface area contributed by atoms with Crippen molar-refractivity contribution in [3.63, 3.8) is 0 Å². The lowest BCUT2D eigenvalue weighted by atomic mass is 9.73. The Kier molecular flexibility index (Phi) is 3.25. The minimum Gasteiger partial charge on any atom is -0.366 e. The van der Waals surface area contributed by atoms with E-state index in [-0.39, 0.29) is 12.1 Å². The van der Waals surface area contributed by atoms with Crippen LogP contribution in [0.3, 0.4) is 0 Å². The summed E-state index contributed by atoms with van der Waals surface area (Å²) in [6, 6.07) is 5.24. The van der Waals surface area contributed by atoms with Gasteiger partial charge in [0.25, 0.3) is 0 Å². The van der Waals surface area contributed by atoms with Crippen LogP contribution in [-0.2, 0) is 0 Å². The van der Waals surface area contributed by atoms with Crippen molar-refractivity contribution in [1.82, 2.24) is 4.90 Å². The molecule has 3 aliphatic heterocycles. The first kappa shape index (κ1) is 12.9.